The van der Waals surface area contributed by atoms with Gasteiger partial charge in [-0.05, 0) is 44.9 Å². The molecule has 3 aliphatic rings. The van der Waals surface area contributed by atoms with Gasteiger partial charge in [0.05, 0.1) is 0 Å². The molecule has 1 aromatic heterocycles. The van der Waals surface area contributed by atoms with E-state index in [1.54, 1.807) is 0 Å². The average Bonchev–Trinajstić information content (AvgIpc) is 2.97. The van der Waals surface area contributed by atoms with Crippen molar-refractivity contribution < 1.29 is 0 Å². The third kappa shape index (κ3) is 1.63. The highest BCUT2D eigenvalue weighted by atomic mass is 15.3. The van der Waals surface area contributed by atoms with E-state index < -0.39 is 0 Å². The molecular weight excluding hydrogens is 210 g/mol. The van der Waals surface area contributed by atoms with Crippen LogP contribution in [0.3, 0.4) is 0 Å². The van der Waals surface area contributed by atoms with Gasteiger partial charge >= 0.3 is 0 Å². The Morgan fingerprint density at radius 2 is 2.06 bits per heavy atom. The van der Waals surface area contributed by atoms with Crippen LogP contribution in [0.1, 0.15) is 49.5 Å². The van der Waals surface area contributed by atoms with Gasteiger partial charge in [0.2, 0.25) is 0 Å². The van der Waals surface area contributed by atoms with Gasteiger partial charge in [0.1, 0.15) is 11.6 Å². The molecule has 3 nitrogen and oxygen atoms in total. The van der Waals surface area contributed by atoms with E-state index in [4.69, 9.17) is 4.98 Å². The number of fused-ring (bicyclic) bond motifs is 2. The van der Waals surface area contributed by atoms with E-state index in [-0.39, 0.29) is 0 Å². The summed E-state index contributed by atoms with van der Waals surface area (Å²) < 4.78 is 0. The second kappa shape index (κ2) is 3.44. The molecule has 2 aliphatic carbocycles. The van der Waals surface area contributed by atoms with E-state index in [0.717, 1.165) is 23.5 Å². The van der Waals surface area contributed by atoms with Crippen molar-refractivity contribution in [2.45, 2.75) is 51.0 Å². The third-order valence-electron chi connectivity index (χ3n) is 4.50. The van der Waals surface area contributed by atoms with Crippen LogP contribution in [0, 0.1) is 12.8 Å². The van der Waals surface area contributed by atoms with Gasteiger partial charge in [-0.3, -0.25) is 0 Å². The summed E-state index contributed by atoms with van der Waals surface area (Å²) in [5, 5.41) is 0. The summed E-state index contributed by atoms with van der Waals surface area (Å²) in [6, 6.07) is 2.94. The second-order valence-corrected chi connectivity index (χ2v) is 5.99. The molecular formula is C14H19N3. The van der Waals surface area contributed by atoms with Gasteiger partial charge in [-0.15, -0.1) is 0 Å². The van der Waals surface area contributed by atoms with Gasteiger partial charge in [-0.1, -0.05) is 0 Å². The number of piperidine rings is 1. The first-order valence-corrected chi connectivity index (χ1v) is 6.92. The average molecular weight is 229 g/mol. The highest BCUT2D eigenvalue weighted by Crippen LogP contribution is 2.42. The van der Waals surface area contributed by atoms with Gasteiger partial charge < -0.3 is 4.90 Å². The minimum atomic E-state index is 0.661. The summed E-state index contributed by atoms with van der Waals surface area (Å²) >= 11 is 0. The summed E-state index contributed by atoms with van der Waals surface area (Å²) in [5.74, 6) is 3.89. The van der Waals surface area contributed by atoms with Crippen LogP contribution in [0.5, 0.6) is 0 Å². The number of aryl methyl sites for hydroxylation is 1. The zero-order valence-corrected chi connectivity index (χ0v) is 10.4. The molecule has 1 aliphatic heterocycles. The standard InChI is InChI=1S/C14H19N3/c1-9-6-13(16-14(15-9)11-3-4-11)17-8-10-2-5-12(17)7-10/h6,10-12H,2-5,7-8H2,1H3. The van der Waals surface area contributed by atoms with Crippen molar-refractivity contribution in [1.29, 1.82) is 0 Å². The molecule has 0 spiro atoms. The SMILES string of the molecule is Cc1cc(N2CC3CCC2C3)nc(C2CC2)n1. The van der Waals surface area contributed by atoms with E-state index in [9.17, 15) is 0 Å². The molecule has 17 heavy (non-hydrogen) atoms. The predicted octanol–water partition coefficient (Wildman–Crippen LogP) is 2.65. The molecule has 1 aromatic rings. The molecule has 2 unspecified atom stereocenters. The highest BCUT2D eigenvalue weighted by molar-refractivity contribution is 5.44. The van der Waals surface area contributed by atoms with Crippen LogP contribution in [0.25, 0.3) is 0 Å². The monoisotopic (exact) mass is 229 g/mol. The zero-order valence-electron chi connectivity index (χ0n) is 10.4. The molecule has 2 saturated carbocycles. The van der Waals surface area contributed by atoms with Crippen LogP contribution in [0.2, 0.25) is 0 Å². The number of aromatic nitrogens is 2. The molecule has 3 fully saturated rings. The van der Waals surface area contributed by atoms with Crippen molar-refractivity contribution in [3.8, 4) is 0 Å². The number of hydrogen-bond donors (Lipinski definition) is 0. The summed E-state index contributed by atoms with van der Waals surface area (Å²) in [7, 11) is 0. The maximum absolute atomic E-state index is 4.81. The molecule has 90 valence electrons. The molecule has 2 atom stereocenters. The maximum Gasteiger partial charge on any atom is 0.134 e. The lowest BCUT2D eigenvalue weighted by Crippen LogP contribution is -2.32. The van der Waals surface area contributed by atoms with Crippen LogP contribution < -0.4 is 4.90 Å². The first-order valence-electron chi connectivity index (χ1n) is 6.92. The summed E-state index contributed by atoms with van der Waals surface area (Å²) in [4.78, 5) is 11.9. The topological polar surface area (TPSA) is 29.0 Å². The zero-order chi connectivity index (χ0) is 11.4. The predicted molar refractivity (Wildman–Crippen MR) is 67.2 cm³/mol. The molecule has 0 amide bonds. The van der Waals surface area contributed by atoms with Crippen molar-refractivity contribution >= 4 is 5.82 Å². The lowest BCUT2D eigenvalue weighted by Gasteiger charge is -2.28. The highest BCUT2D eigenvalue weighted by Gasteiger charge is 2.39. The fourth-order valence-electron chi connectivity index (χ4n) is 3.45. The lowest BCUT2D eigenvalue weighted by atomic mass is 10.1. The van der Waals surface area contributed by atoms with E-state index >= 15 is 0 Å². The molecule has 3 heteroatoms. The minimum absolute atomic E-state index is 0.661. The van der Waals surface area contributed by atoms with Crippen LogP contribution >= 0.6 is 0 Å². The molecule has 0 aromatic carbocycles. The summed E-state index contributed by atoms with van der Waals surface area (Å²) in [5.41, 5.74) is 1.14. The second-order valence-electron chi connectivity index (χ2n) is 5.99. The Morgan fingerprint density at radius 3 is 2.71 bits per heavy atom. The quantitative estimate of drug-likeness (QED) is 0.780. The Balaban J connectivity index is 1.68. The van der Waals surface area contributed by atoms with Gasteiger partial charge in [0.15, 0.2) is 0 Å². The molecule has 1 saturated heterocycles. The number of nitrogens with zero attached hydrogens (tertiary/aromatic N) is 3. The molecule has 4 rings (SSSR count). The Bertz CT molecular complexity index is 453. The summed E-state index contributed by atoms with van der Waals surface area (Å²) in [6.07, 6.45) is 6.76. The molecule has 0 radical (unpaired) electrons. The maximum atomic E-state index is 4.81. The van der Waals surface area contributed by atoms with Crippen LogP contribution in [0.15, 0.2) is 6.07 Å². The van der Waals surface area contributed by atoms with E-state index in [2.05, 4.69) is 22.9 Å². The normalized spacial score (nSPS) is 31.2. The fraction of sp³-hybridized carbons (Fsp3) is 0.714. The number of anilines is 1. The minimum Gasteiger partial charge on any atom is -0.353 e. The molecule has 2 bridgehead atoms. The fourth-order valence-corrected chi connectivity index (χ4v) is 3.45. The Labute approximate surface area is 102 Å². The third-order valence-corrected chi connectivity index (χ3v) is 4.50. The van der Waals surface area contributed by atoms with Crippen molar-refractivity contribution in [3.05, 3.63) is 17.6 Å². The van der Waals surface area contributed by atoms with Crippen molar-refractivity contribution in [2.24, 2.45) is 5.92 Å². The van der Waals surface area contributed by atoms with E-state index in [1.807, 2.05) is 0 Å². The van der Waals surface area contributed by atoms with Gasteiger partial charge in [-0.2, -0.15) is 0 Å². The van der Waals surface area contributed by atoms with Gasteiger partial charge in [0.25, 0.3) is 0 Å². The smallest absolute Gasteiger partial charge is 0.134 e. The number of rotatable bonds is 2. The molecule has 2 heterocycles. The first kappa shape index (κ1) is 9.86. The lowest BCUT2D eigenvalue weighted by molar-refractivity contribution is 0.549. The Hall–Kier alpha value is -1.12. The largest absolute Gasteiger partial charge is 0.353 e. The van der Waals surface area contributed by atoms with Crippen LogP contribution in [-0.4, -0.2) is 22.6 Å². The van der Waals surface area contributed by atoms with Crippen LogP contribution in [-0.2, 0) is 0 Å². The summed E-state index contributed by atoms with van der Waals surface area (Å²) in [6.45, 7) is 3.33. The van der Waals surface area contributed by atoms with E-state index in [0.29, 0.717) is 5.92 Å². The molecule has 0 N–H and O–H groups in total. The van der Waals surface area contributed by atoms with E-state index in [1.165, 1.54) is 44.5 Å². The van der Waals surface area contributed by atoms with Gasteiger partial charge in [-0.25, -0.2) is 9.97 Å². The first-order chi connectivity index (χ1) is 8.29. The Morgan fingerprint density at radius 1 is 1.18 bits per heavy atom. The van der Waals surface area contributed by atoms with Crippen molar-refractivity contribution in [3.63, 3.8) is 0 Å². The van der Waals surface area contributed by atoms with Crippen molar-refractivity contribution in [2.75, 3.05) is 11.4 Å². The van der Waals surface area contributed by atoms with Gasteiger partial charge in [0, 0.05) is 30.3 Å². The van der Waals surface area contributed by atoms with Crippen molar-refractivity contribution in [1.82, 2.24) is 9.97 Å². The van der Waals surface area contributed by atoms with Crippen LogP contribution in [0.4, 0.5) is 5.82 Å². The Kier molecular flexibility index (Phi) is 1.99. The number of hydrogen-bond acceptors (Lipinski definition) is 3.